The number of ether oxygens (including phenoxy) is 8. The predicted octanol–water partition coefficient (Wildman–Crippen LogP) is 3.49. The zero-order valence-electron chi connectivity index (χ0n) is 27.6. The Morgan fingerprint density at radius 3 is 2.12 bits per heavy atom. The molecule has 0 radical (unpaired) electrons. The number of nitrogens with zero attached hydrogens (tertiary/aromatic N) is 1. The lowest BCUT2D eigenvalue weighted by atomic mass is 9.97. The minimum atomic E-state index is -1.64. The Labute approximate surface area is 282 Å². The second-order valence-electron chi connectivity index (χ2n) is 10.8. The van der Waals surface area contributed by atoms with Crippen LogP contribution in [0.2, 0.25) is 0 Å². The highest BCUT2D eigenvalue weighted by Gasteiger charge is 2.56. The summed E-state index contributed by atoms with van der Waals surface area (Å²) < 4.78 is 43.9. The monoisotopic (exact) mass is 682 g/mol. The molecule has 4 rings (SSSR count). The number of hydrogen-bond donors (Lipinski definition) is 1. The number of esters is 4. The number of anilines is 1. The summed E-state index contributed by atoms with van der Waals surface area (Å²) in [5.41, 5.74) is 6.83. The lowest BCUT2D eigenvalue weighted by Crippen LogP contribution is -2.64. The van der Waals surface area contributed by atoms with Crippen molar-refractivity contribution in [2.24, 2.45) is 0 Å². The highest BCUT2D eigenvalue weighted by atomic mass is 16.7. The van der Waals surface area contributed by atoms with E-state index >= 15 is 0 Å². The number of fused-ring (bicyclic) bond motifs is 1. The number of methoxy groups -OCH3 is 1. The summed E-state index contributed by atoms with van der Waals surface area (Å²) in [6.07, 6.45) is -8.43. The third-order valence-corrected chi connectivity index (χ3v) is 7.28. The first kappa shape index (κ1) is 36.3. The van der Waals surface area contributed by atoms with Gasteiger partial charge in [0.1, 0.15) is 18.1 Å². The van der Waals surface area contributed by atoms with Crippen LogP contribution < -0.4 is 15.2 Å². The zero-order valence-corrected chi connectivity index (χ0v) is 27.6. The number of carbonyl (C=O) groups is 5. The summed E-state index contributed by atoms with van der Waals surface area (Å²) in [5, 5.41) is 1.92. The van der Waals surface area contributed by atoms with E-state index in [2.05, 4.69) is 0 Å². The molecule has 0 unspecified atom stereocenters. The molecule has 1 heterocycles. The van der Waals surface area contributed by atoms with Gasteiger partial charge in [0.2, 0.25) is 12.4 Å². The maximum atomic E-state index is 12.9. The third kappa shape index (κ3) is 9.28. The molecule has 1 amide bonds. The molecule has 3 aromatic rings. The van der Waals surface area contributed by atoms with Crippen LogP contribution >= 0.6 is 0 Å². The summed E-state index contributed by atoms with van der Waals surface area (Å²) in [7, 11) is 1.08. The molecular formula is C34H38N2O13. The lowest BCUT2D eigenvalue weighted by molar-refractivity contribution is -0.282. The normalized spacial score (nSPS) is 20.0. The molecule has 2 N–H and O–H groups in total. The van der Waals surface area contributed by atoms with E-state index in [4.69, 9.17) is 43.6 Å². The van der Waals surface area contributed by atoms with Gasteiger partial charge in [0.15, 0.2) is 25.0 Å². The van der Waals surface area contributed by atoms with Crippen molar-refractivity contribution in [3.8, 4) is 11.5 Å². The number of benzene rings is 3. The average Bonchev–Trinajstić information content (AvgIpc) is 3.06. The van der Waals surface area contributed by atoms with Gasteiger partial charge in [-0.25, -0.2) is 9.59 Å². The van der Waals surface area contributed by atoms with Gasteiger partial charge in [0.05, 0.1) is 12.8 Å². The van der Waals surface area contributed by atoms with Crippen LogP contribution in [0.4, 0.5) is 10.5 Å². The molecular weight excluding hydrogens is 644 g/mol. The minimum absolute atomic E-state index is 0.0204. The molecule has 1 saturated heterocycles. The fourth-order valence-corrected chi connectivity index (χ4v) is 5.07. The first-order valence-electron chi connectivity index (χ1n) is 15.2. The van der Waals surface area contributed by atoms with Gasteiger partial charge in [0.25, 0.3) is 0 Å². The number of hydrogen-bond acceptors (Lipinski definition) is 14. The van der Waals surface area contributed by atoms with E-state index in [0.717, 1.165) is 38.7 Å². The van der Waals surface area contributed by atoms with Crippen molar-refractivity contribution in [3.05, 3.63) is 66.2 Å². The number of amides is 1. The highest BCUT2D eigenvalue weighted by molar-refractivity contribution is 5.88. The van der Waals surface area contributed by atoms with Crippen molar-refractivity contribution >= 4 is 46.4 Å². The van der Waals surface area contributed by atoms with E-state index in [1.54, 1.807) is 13.0 Å². The molecule has 15 heteroatoms. The molecule has 0 aromatic heterocycles. The summed E-state index contributed by atoms with van der Waals surface area (Å²) >= 11 is 0. The summed E-state index contributed by atoms with van der Waals surface area (Å²) in [5.74, 6) is -2.81. The molecule has 3 aromatic carbocycles. The maximum Gasteiger partial charge on any atom is 0.412 e. The van der Waals surface area contributed by atoms with Gasteiger partial charge in [-0.15, -0.1) is 0 Å². The fraction of sp³-hybridized carbons (Fsp3) is 0.382. The van der Waals surface area contributed by atoms with Crippen molar-refractivity contribution in [1.82, 2.24) is 4.90 Å². The van der Waals surface area contributed by atoms with Gasteiger partial charge in [0, 0.05) is 32.7 Å². The molecule has 15 nitrogen and oxygen atoms in total. The Bertz CT molecular complexity index is 1670. The number of carbonyl (C=O) groups excluding carboxylic acids is 5. The quantitative estimate of drug-likeness (QED) is 0.126. The first-order chi connectivity index (χ1) is 23.4. The Morgan fingerprint density at radius 2 is 1.47 bits per heavy atom. The summed E-state index contributed by atoms with van der Waals surface area (Å²) in [6, 6.07) is 17.9. The molecule has 1 aliphatic rings. The fourth-order valence-electron chi connectivity index (χ4n) is 5.07. The van der Waals surface area contributed by atoms with E-state index in [9.17, 15) is 24.0 Å². The van der Waals surface area contributed by atoms with Crippen LogP contribution in [0.1, 0.15) is 33.3 Å². The van der Waals surface area contributed by atoms with Crippen LogP contribution in [-0.2, 0) is 54.2 Å². The van der Waals surface area contributed by atoms with Crippen LogP contribution in [0.15, 0.2) is 60.7 Å². The van der Waals surface area contributed by atoms with Crippen molar-refractivity contribution in [2.75, 3.05) is 26.1 Å². The second-order valence-corrected chi connectivity index (χ2v) is 10.8. The van der Waals surface area contributed by atoms with E-state index in [0.29, 0.717) is 17.9 Å². The molecule has 5 atom stereocenters. The Morgan fingerprint density at radius 1 is 0.816 bits per heavy atom. The van der Waals surface area contributed by atoms with Gasteiger partial charge in [-0.1, -0.05) is 42.5 Å². The first-order valence-corrected chi connectivity index (χ1v) is 15.2. The van der Waals surface area contributed by atoms with Crippen molar-refractivity contribution in [1.29, 1.82) is 0 Å². The van der Waals surface area contributed by atoms with Gasteiger partial charge >= 0.3 is 30.0 Å². The molecule has 0 bridgehead atoms. The van der Waals surface area contributed by atoms with E-state index in [-0.39, 0.29) is 24.8 Å². The maximum absolute atomic E-state index is 12.9. The van der Waals surface area contributed by atoms with Crippen LogP contribution in [0, 0.1) is 0 Å². The summed E-state index contributed by atoms with van der Waals surface area (Å²) in [4.78, 5) is 62.9. The number of rotatable bonds is 12. The van der Waals surface area contributed by atoms with Crippen LogP contribution in [-0.4, -0.2) is 86.0 Å². The van der Waals surface area contributed by atoms with E-state index in [1.807, 2.05) is 42.5 Å². The number of nitrogen functional groups attached to an aromatic ring is 1. The van der Waals surface area contributed by atoms with E-state index < -0.39 is 60.7 Å². The standard InChI is InChI=1S/C34H38N2O13/c1-6-36(18-44-26-13-9-11-23-10-7-8-12-24(23)26)34(41)43-17-22-14-15-27(25(35)16-22)48-33-31(47-21(4)39)29(46-20(3)38)28(45-19(2)37)30(49-33)32(40)42-5/h7-16,28-31,33H,6,17-18,35H2,1-5H3/t28-,29-,30-,31+,33+/m0/s1. The van der Waals surface area contributed by atoms with E-state index in [1.165, 1.54) is 17.0 Å². The number of nitrogens with two attached hydrogens (primary N) is 1. The minimum Gasteiger partial charge on any atom is -0.472 e. The van der Waals surface area contributed by atoms with Gasteiger partial charge in [-0.05, 0) is 36.1 Å². The van der Waals surface area contributed by atoms with Crippen LogP contribution in [0.5, 0.6) is 11.5 Å². The molecule has 49 heavy (non-hydrogen) atoms. The second kappa shape index (κ2) is 16.5. The predicted molar refractivity (Wildman–Crippen MR) is 171 cm³/mol. The highest BCUT2D eigenvalue weighted by Crippen LogP contribution is 2.33. The Hall–Kier alpha value is -5.57. The molecule has 0 saturated carbocycles. The van der Waals surface area contributed by atoms with Crippen LogP contribution in [0.25, 0.3) is 10.8 Å². The molecule has 1 fully saturated rings. The van der Waals surface area contributed by atoms with Crippen molar-refractivity contribution in [2.45, 2.75) is 65.0 Å². The van der Waals surface area contributed by atoms with Crippen molar-refractivity contribution < 1.29 is 61.9 Å². The van der Waals surface area contributed by atoms with Crippen molar-refractivity contribution in [3.63, 3.8) is 0 Å². The molecule has 0 spiro atoms. The molecule has 1 aliphatic heterocycles. The SMILES string of the molecule is CCN(COc1cccc2ccccc12)C(=O)OCc1ccc(O[C@@H]2O[C@H](C(=O)OC)[C@@H](OC(C)=O)[C@H](OC(C)=O)[C@H]2OC(C)=O)c(N)c1. The Balaban J connectivity index is 1.46. The van der Waals surface area contributed by atoms with Crippen LogP contribution in [0.3, 0.4) is 0 Å². The largest absolute Gasteiger partial charge is 0.472 e. The average molecular weight is 683 g/mol. The lowest BCUT2D eigenvalue weighted by Gasteiger charge is -2.43. The third-order valence-electron chi connectivity index (χ3n) is 7.28. The van der Waals surface area contributed by atoms with Gasteiger partial charge in [-0.2, -0.15) is 0 Å². The van der Waals surface area contributed by atoms with Gasteiger partial charge < -0.3 is 43.6 Å². The molecule has 0 aliphatic carbocycles. The Kier molecular flexibility index (Phi) is 12.2. The van der Waals surface area contributed by atoms with Gasteiger partial charge in [-0.3, -0.25) is 19.3 Å². The zero-order chi connectivity index (χ0) is 35.7. The topological polar surface area (TPSA) is 188 Å². The smallest absolute Gasteiger partial charge is 0.412 e. The molecule has 262 valence electrons. The summed E-state index contributed by atoms with van der Waals surface area (Å²) in [6.45, 7) is 5.17.